The van der Waals surface area contributed by atoms with Gasteiger partial charge in [-0.25, -0.2) is 4.98 Å². The van der Waals surface area contributed by atoms with Gasteiger partial charge < -0.3 is 5.32 Å². The Labute approximate surface area is 140 Å². The zero-order valence-electron chi connectivity index (χ0n) is 12.7. The van der Waals surface area contributed by atoms with Crippen LogP contribution in [0, 0.1) is 17.0 Å². The first-order valence-corrected chi connectivity index (χ1v) is 7.88. The summed E-state index contributed by atoms with van der Waals surface area (Å²) in [6.07, 6.45) is 2.31. The predicted octanol–water partition coefficient (Wildman–Crippen LogP) is 2.86. The Morgan fingerprint density at radius 3 is 2.79 bits per heavy atom. The van der Waals surface area contributed by atoms with Crippen LogP contribution < -0.4 is 5.32 Å². The maximum Gasteiger partial charge on any atom is 0.307 e. The molecule has 2 heterocycles. The lowest BCUT2D eigenvalue weighted by molar-refractivity contribution is -0.385. The second kappa shape index (κ2) is 6.59. The molecular formula is C15H13N5O3S. The summed E-state index contributed by atoms with van der Waals surface area (Å²) in [6.45, 7) is 1.89. The molecule has 0 radical (unpaired) electrons. The standard InChI is InChI=1S/C15H13N5O3S/c1-10-2-4-11(5-3-10)13-9-24-15(17-13)18-14(21)8-19-7-12(6-16-19)20(22)23/h2-7,9H,8H2,1H3,(H,17,18,21). The first-order chi connectivity index (χ1) is 11.5. The van der Waals surface area contributed by atoms with Crippen LogP contribution in [0.3, 0.4) is 0 Å². The molecule has 0 saturated heterocycles. The lowest BCUT2D eigenvalue weighted by Crippen LogP contribution is -2.18. The third-order valence-corrected chi connectivity index (χ3v) is 3.99. The molecule has 0 unspecified atom stereocenters. The summed E-state index contributed by atoms with van der Waals surface area (Å²) in [6, 6.07) is 7.94. The molecule has 9 heteroatoms. The highest BCUT2D eigenvalue weighted by atomic mass is 32.1. The summed E-state index contributed by atoms with van der Waals surface area (Å²) in [5.41, 5.74) is 2.76. The van der Waals surface area contributed by atoms with E-state index in [0.717, 1.165) is 23.0 Å². The van der Waals surface area contributed by atoms with Crippen molar-refractivity contribution < 1.29 is 9.72 Å². The van der Waals surface area contributed by atoms with Crippen molar-refractivity contribution in [2.75, 3.05) is 5.32 Å². The third kappa shape index (κ3) is 3.63. The molecule has 122 valence electrons. The number of hydrogen-bond donors (Lipinski definition) is 1. The maximum atomic E-state index is 12.0. The van der Waals surface area contributed by atoms with Crippen LogP contribution in [0.1, 0.15) is 5.56 Å². The Kier molecular flexibility index (Phi) is 4.34. The van der Waals surface area contributed by atoms with E-state index in [1.54, 1.807) is 0 Å². The van der Waals surface area contributed by atoms with Crippen LogP contribution in [0.15, 0.2) is 42.0 Å². The highest BCUT2D eigenvalue weighted by Crippen LogP contribution is 2.25. The van der Waals surface area contributed by atoms with Crippen molar-refractivity contribution in [1.29, 1.82) is 0 Å². The molecule has 2 aromatic heterocycles. The summed E-state index contributed by atoms with van der Waals surface area (Å²) < 4.78 is 1.21. The van der Waals surface area contributed by atoms with E-state index in [1.165, 1.54) is 22.2 Å². The van der Waals surface area contributed by atoms with E-state index < -0.39 is 4.92 Å². The number of amides is 1. The van der Waals surface area contributed by atoms with Crippen molar-refractivity contribution in [2.45, 2.75) is 13.5 Å². The van der Waals surface area contributed by atoms with E-state index in [4.69, 9.17) is 0 Å². The fourth-order valence-electron chi connectivity index (χ4n) is 2.03. The Morgan fingerprint density at radius 1 is 1.38 bits per heavy atom. The molecule has 24 heavy (non-hydrogen) atoms. The van der Waals surface area contributed by atoms with Crippen LogP contribution in [0.5, 0.6) is 0 Å². The fraction of sp³-hybridized carbons (Fsp3) is 0.133. The van der Waals surface area contributed by atoms with Gasteiger partial charge in [0.05, 0.1) is 10.6 Å². The number of nitro groups is 1. The number of aromatic nitrogens is 3. The number of thiazole rings is 1. The predicted molar refractivity (Wildman–Crippen MR) is 89.8 cm³/mol. The number of nitrogens with zero attached hydrogens (tertiary/aromatic N) is 4. The number of nitrogens with one attached hydrogen (secondary N) is 1. The normalized spacial score (nSPS) is 10.5. The highest BCUT2D eigenvalue weighted by Gasteiger charge is 2.12. The van der Waals surface area contributed by atoms with Crippen LogP contribution in [0.2, 0.25) is 0 Å². The molecule has 0 atom stereocenters. The smallest absolute Gasteiger partial charge is 0.300 e. The molecule has 0 aliphatic rings. The summed E-state index contributed by atoms with van der Waals surface area (Å²) in [4.78, 5) is 26.4. The molecular weight excluding hydrogens is 330 g/mol. The van der Waals surface area contributed by atoms with E-state index >= 15 is 0 Å². The number of aryl methyl sites for hydroxylation is 1. The third-order valence-electron chi connectivity index (χ3n) is 3.23. The first-order valence-electron chi connectivity index (χ1n) is 7.00. The van der Waals surface area contributed by atoms with Crippen molar-refractivity contribution in [3.63, 3.8) is 0 Å². The molecule has 1 aromatic carbocycles. The van der Waals surface area contributed by atoms with Gasteiger partial charge in [-0.2, -0.15) is 5.10 Å². The zero-order chi connectivity index (χ0) is 17.1. The van der Waals surface area contributed by atoms with E-state index in [0.29, 0.717) is 5.13 Å². The molecule has 0 bridgehead atoms. The van der Waals surface area contributed by atoms with Gasteiger partial charge in [-0.05, 0) is 6.92 Å². The van der Waals surface area contributed by atoms with Gasteiger partial charge in [0.1, 0.15) is 18.9 Å². The van der Waals surface area contributed by atoms with Crippen molar-refractivity contribution in [3.8, 4) is 11.3 Å². The number of carbonyl (C=O) groups excluding carboxylic acids is 1. The van der Waals surface area contributed by atoms with Crippen molar-refractivity contribution >= 4 is 28.1 Å². The molecule has 0 fully saturated rings. The van der Waals surface area contributed by atoms with Gasteiger partial charge in [0.15, 0.2) is 5.13 Å². The van der Waals surface area contributed by atoms with Crippen molar-refractivity contribution in [1.82, 2.24) is 14.8 Å². The van der Waals surface area contributed by atoms with Gasteiger partial charge in [0.2, 0.25) is 5.91 Å². The molecule has 8 nitrogen and oxygen atoms in total. The average molecular weight is 343 g/mol. The van der Waals surface area contributed by atoms with E-state index in [2.05, 4.69) is 15.4 Å². The van der Waals surface area contributed by atoms with Gasteiger partial charge in [-0.15, -0.1) is 11.3 Å². The molecule has 1 N–H and O–H groups in total. The quantitative estimate of drug-likeness (QED) is 0.567. The Morgan fingerprint density at radius 2 is 2.12 bits per heavy atom. The van der Waals surface area contributed by atoms with Crippen LogP contribution in [-0.2, 0) is 11.3 Å². The molecule has 1 amide bonds. The monoisotopic (exact) mass is 343 g/mol. The topological polar surface area (TPSA) is 103 Å². The highest BCUT2D eigenvalue weighted by molar-refractivity contribution is 7.14. The number of anilines is 1. The molecule has 0 saturated carbocycles. The first kappa shape index (κ1) is 15.8. The SMILES string of the molecule is Cc1ccc(-c2csc(NC(=O)Cn3cc([N+](=O)[O-])cn3)n2)cc1. The maximum absolute atomic E-state index is 12.0. The summed E-state index contributed by atoms with van der Waals surface area (Å²) in [7, 11) is 0. The molecule has 3 rings (SSSR count). The zero-order valence-corrected chi connectivity index (χ0v) is 13.5. The van der Waals surface area contributed by atoms with Crippen LogP contribution in [0.25, 0.3) is 11.3 Å². The van der Waals surface area contributed by atoms with Gasteiger partial charge in [-0.3, -0.25) is 19.6 Å². The van der Waals surface area contributed by atoms with Crippen molar-refractivity contribution in [2.24, 2.45) is 0 Å². The molecule has 0 aliphatic carbocycles. The van der Waals surface area contributed by atoms with Crippen LogP contribution in [-0.4, -0.2) is 25.6 Å². The summed E-state index contributed by atoms with van der Waals surface area (Å²) in [5, 5.41) is 19.4. The Bertz CT molecular complexity index is 885. The second-order valence-electron chi connectivity index (χ2n) is 5.11. The minimum absolute atomic E-state index is 0.118. The van der Waals surface area contributed by atoms with Crippen LogP contribution >= 0.6 is 11.3 Å². The van der Waals surface area contributed by atoms with E-state index in [1.807, 2.05) is 36.6 Å². The van der Waals surface area contributed by atoms with E-state index in [9.17, 15) is 14.9 Å². The minimum atomic E-state index is -0.559. The van der Waals surface area contributed by atoms with Gasteiger partial charge in [0.25, 0.3) is 0 Å². The second-order valence-corrected chi connectivity index (χ2v) is 5.96. The largest absolute Gasteiger partial charge is 0.307 e. The molecule has 0 aliphatic heterocycles. The number of hydrogen-bond acceptors (Lipinski definition) is 6. The van der Waals surface area contributed by atoms with Crippen LogP contribution in [0.4, 0.5) is 10.8 Å². The van der Waals surface area contributed by atoms with Gasteiger partial charge >= 0.3 is 5.69 Å². The van der Waals surface area contributed by atoms with Gasteiger partial charge in [0, 0.05) is 10.9 Å². The molecule has 0 spiro atoms. The molecule has 3 aromatic rings. The minimum Gasteiger partial charge on any atom is -0.300 e. The number of benzene rings is 1. The average Bonchev–Trinajstić information content (AvgIpc) is 3.17. The number of carbonyl (C=O) groups is 1. The van der Waals surface area contributed by atoms with E-state index in [-0.39, 0.29) is 18.1 Å². The Balaban J connectivity index is 1.64. The number of rotatable bonds is 5. The summed E-state index contributed by atoms with van der Waals surface area (Å²) in [5.74, 6) is -0.349. The fourth-order valence-corrected chi connectivity index (χ4v) is 2.76. The Hall–Kier alpha value is -3.07. The van der Waals surface area contributed by atoms with Crippen molar-refractivity contribution in [3.05, 3.63) is 57.7 Å². The lowest BCUT2D eigenvalue weighted by atomic mass is 10.1. The van der Waals surface area contributed by atoms with Gasteiger partial charge in [-0.1, -0.05) is 29.8 Å². The summed E-state index contributed by atoms with van der Waals surface area (Å²) >= 11 is 1.32. The lowest BCUT2D eigenvalue weighted by Gasteiger charge is -2.01.